The number of nitrogens with one attached hydrogen (secondary N) is 3. The molecule has 2 heterocycles. The van der Waals surface area contributed by atoms with Gasteiger partial charge in [0.25, 0.3) is 0 Å². The zero-order chi connectivity index (χ0) is 23.1. The van der Waals surface area contributed by atoms with Crippen LogP contribution >= 0.6 is 0 Å². The van der Waals surface area contributed by atoms with Gasteiger partial charge in [0, 0.05) is 6.54 Å². The molecule has 0 aliphatic carbocycles. The van der Waals surface area contributed by atoms with E-state index in [1.165, 1.54) is 4.90 Å². The van der Waals surface area contributed by atoms with Crippen molar-refractivity contribution >= 4 is 23.7 Å². The van der Waals surface area contributed by atoms with Crippen molar-refractivity contribution in [2.24, 2.45) is 11.8 Å². The highest BCUT2D eigenvalue weighted by Gasteiger charge is 2.40. The number of hydrogen-bond donors (Lipinski definition) is 4. The van der Waals surface area contributed by atoms with Gasteiger partial charge in [0.15, 0.2) is 0 Å². The zero-order valence-corrected chi connectivity index (χ0v) is 19.1. The summed E-state index contributed by atoms with van der Waals surface area (Å²) in [5.74, 6) is -1.95. The molecule has 0 bridgehead atoms. The Morgan fingerprint density at radius 2 is 1.77 bits per heavy atom. The first kappa shape index (κ1) is 25.1. The predicted molar refractivity (Wildman–Crippen MR) is 116 cm³/mol. The fourth-order valence-corrected chi connectivity index (χ4v) is 4.29. The third-order valence-electron chi connectivity index (χ3n) is 6.31. The molecule has 31 heavy (non-hydrogen) atoms. The van der Waals surface area contributed by atoms with Crippen LogP contribution < -0.4 is 16.0 Å². The van der Waals surface area contributed by atoms with Crippen LogP contribution in [0.3, 0.4) is 0 Å². The van der Waals surface area contributed by atoms with Crippen LogP contribution in [0.2, 0.25) is 0 Å². The monoisotopic (exact) mass is 438 g/mol. The summed E-state index contributed by atoms with van der Waals surface area (Å²) in [6.07, 6.45) is 3.84. The molecule has 0 spiro atoms. The maximum Gasteiger partial charge on any atom is 0.326 e. The molecule has 2 saturated heterocycles. The van der Waals surface area contributed by atoms with E-state index < -0.39 is 30.0 Å². The topological polar surface area (TPSA) is 128 Å². The minimum absolute atomic E-state index is 0.0881. The van der Waals surface area contributed by atoms with Gasteiger partial charge in [-0.3, -0.25) is 14.4 Å². The van der Waals surface area contributed by atoms with Gasteiger partial charge in [-0.2, -0.15) is 0 Å². The van der Waals surface area contributed by atoms with E-state index in [-0.39, 0.29) is 29.7 Å². The van der Waals surface area contributed by atoms with Gasteiger partial charge in [-0.1, -0.05) is 34.1 Å². The Balaban J connectivity index is 2.10. The number of rotatable bonds is 10. The van der Waals surface area contributed by atoms with Crippen LogP contribution in [0.25, 0.3) is 0 Å². The van der Waals surface area contributed by atoms with Crippen molar-refractivity contribution in [3.63, 3.8) is 0 Å². The van der Waals surface area contributed by atoms with Crippen molar-refractivity contribution in [3.8, 4) is 0 Å². The summed E-state index contributed by atoms with van der Waals surface area (Å²) in [5, 5.41) is 18.1. The second kappa shape index (κ2) is 11.5. The van der Waals surface area contributed by atoms with Crippen molar-refractivity contribution in [2.75, 3.05) is 13.1 Å². The molecule has 0 aromatic carbocycles. The number of hydrogen-bond acceptors (Lipinski definition) is 5. The molecule has 2 aliphatic heterocycles. The maximum atomic E-state index is 13.4. The third-order valence-corrected chi connectivity index (χ3v) is 6.31. The molecule has 0 saturated carbocycles. The van der Waals surface area contributed by atoms with Crippen molar-refractivity contribution in [1.29, 1.82) is 0 Å². The first-order valence-electron chi connectivity index (χ1n) is 11.5. The zero-order valence-electron chi connectivity index (χ0n) is 19.1. The first-order chi connectivity index (χ1) is 14.6. The highest BCUT2D eigenvalue weighted by atomic mass is 16.4. The molecule has 4 N–H and O–H groups in total. The summed E-state index contributed by atoms with van der Waals surface area (Å²) < 4.78 is 0. The Labute approximate surface area is 184 Å². The highest BCUT2D eigenvalue weighted by molar-refractivity contribution is 5.94. The summed E-state index contributed by atoms with van der Waals surface area (Å²) in [7, 11) is 0. The first-order valence-corrected chi connectivity index (χ1v) is 11.5. The summed E-state index contributed by atoms with van der Waals surface area (Å²) in [6.45, 7) is 8.87. The van der Waals surface area contributed by atoms with Crippen molar-refractivity contribution in [3.05, 3.63) is 0 Å². The molecule has 176 valence electrons. The predicted octanol–water partition coefficient (Wildman–Crippen LogP) is 0.876. The van der Waals surface area contributed by atoms with Crippen LogP contribution in [-0.4, -0.2) is 71.0 Å². The summed E-state index contributed by atoms with van der Waals surface area (Å²) in [6, 6.07) is -2.69. The number of aliphatic carboxylic acids is 1. The van der Waals surface area contributed by atoms with E-state index >= 15 is 0 Å². The van der Waals surface area contributed by atoms with E-state index in [9.17, 15) is 24.3 Å². The van der Waals surface area contributed by atoms with Crippen LogP contribution in [0.4, 0.5) is 0 Å². The minimum Gasteiger partial charge on any atom is -0.480 e. The van der Waals surface area contributed by atoms with Crippen LogP contribution in [0.1, 0.15) is 66.2 Å². The van der Waals surface area contributed by atoms with Crippen LogP contribution in [-0.2, 0) is 19.2 Å². The Kier molecular flexibility index (Phi) is 9.28. The molecule has 0 aromatic heterocycles. The number of likely N-dealkylation sites (tertiary alicyclic amines) is 1. The lowest BCUT2D eigenvalue weighted by Gasteiger charge is -2.32. The Bertz CT molecular complexity index is 662. The van der Waals surface area contributed by atoms with E-state index in [2.05, 4.69) is 16.0 Å². The van der Waals surface area contributed by atoms with Gasteiger partial charge in [0.1, 0.15) is 18.1 Å². The van der Waals surface area contributed by atoms with E-state index in [0.717, 1.165) is 19.4 Å². The molecular weight excluding hydrogens is 400 g/mol. The summed E-state index contributed by atoms with van der Waals surface area (Å²) in [4.78, 5) is 52.0. The van der Waals surface area contributed by atoms with E-state index in [1.807, 2.05) is 27.7 Å². The number of carboxylic acid groups (broad SMARTS) is 1. The van der Waals surface area contributed by atoms with Crippen molar-refractivity contribution in [2.45, 2.75) is 90.4 Å². The number of carbonyl (C=O) groups excluding carboxylic acids is 3. The minimum atomic E-state index is -1.08. The van der Waals surface area contributed by atoms with E-state index in [1.54, 1.807) is 0 Å². The summed E-state index contributed by atoms with van der Waals surface area (Å²) in [5.41, 5.74) is 0. The van der Waals surface area contributed by atoms with Gasteiger partial charge in [-0.05, 0) is 50.5 Å². The highest BCUT2D eigenvalue weighted by Crippen LogP contribution is 2.22. The Morgan fingerprint density at radius 3 is 2.32 bits per heavy atom. The van der Waals surface area contributed by atoms with Gasteiger partial charge in [-0.15, -0.1) is 0 Å². The number of carbonyl (C=O) groups is 4. The smallest absolute Gasteiger partial charge is 0.326 e. The van der Waals surface area contributed by atoms with Gasteiger partial charge < -0.3 is 26.0 Å². The standard InChI is InChI=1S/C22H38N4O5/c1-5-14(4)18(25-19(27)15-8-6-10-23-15)21(29)26-11-7-9-17(26)20(28)24-16(22(30)31)12-13(2)3/h13-18,23H,5-12H2,1-4H3,(H,24,28)(H,25,27)(H,30,31). The Hall–Kier alpha value is -2.16. The third kappa shape index (κ3) is 6.66. The molecule has 9 nitrogen and oxygen atoms in total. The molecule has 3 amide bonds. The average Bonchev–Trinajstić information content (AvgIpc) is 3.41. The lowest BCUT2D eigenvalue weighted by Crippen LogP contribution is -2.58. The number of amides is 3. The molecule has 2 fully saturated rings. The lowest BCUT2D eigenvalue weighted by atomic mass is 9.96. The normalized spacial score (nSPS) is 24.0. The SMILES string of the molecule is CCC(C)C(NC(=O)C1CCCN1)C(=O)N1CCCC1C(=O)NC(CC(C)C)C(=O)O. The number of nitrogens with zero attached hydrogens (tertiary/aromatic N) is 1. The molecule has 0 aromatic rings. The second-order valence-corrected chi connectivity index (χ2v) is 9.24. The Morgan fingerprint density at radius 1 is 1.06 bits per heavy atom. The van der Waals surface area contributed by atoms with Gasteiger partial charge in [-0.25, -0.2) is 4.79 Å². The molecule has 2 aliphatic rings. The summed E-state index contributed by atoms with van der Waals surface area (Å²) >= 11 is 0. The van der Waals surface area contributed by atoms with Crippen LogP contribution in [0, 0.1) is 11.8 Å². The average molecular weight is 439 g/mol. The van der Waals surface area contributed by atoms with Gasteiger partial charge in [0.05, 0.1) is 6.04 Å². The molecule has 5 unspecified atom stereocenters. The molecule has 5 atom stereocenters. The van der Waals surface area contributed by atoms with E-state index in [0.29, 0.717) is 32.2 Å². The van der Waals surface area contributed by atoms with Crippen LogP contribution in [0.5, 0.6) is 0 Å². The lowest BCUT2D eigenvalue weighted by molar-refractivity contribution is -0.145. The van der Waals surface area contributed by atoms with Crippen molar-refractivity contribution in [1.82, 2.24) is 20.9 Å². The fraction of sp³-hybridized carbons (Fsp3) is 0.818. The largest absolute Gasteiger partial charge is 0.480 e. The maximum absolute atomic E-state index is 13.4. The molecule has 0 radical (unpaired) electrons. The second-order valence-electron chi connectivity index (χ2n) is 9.24. The molecule has 9 heteroatoms. The molecular formula is C22H38N4O5. The van der Waals surface area contributed by atoms with E-state index in [4.69, 9.17) is 0 Å². The quantitative estimate of drug-likeness (QED) is 0.401. The molecule has 2 rings (SSSR count). The van der Waals surface area contributed by atoms with Gasteiger partial charge in [0.2, 0.25) is 17.7 Å². The van der Waals surface area contributed by atoms with Gasteiger partial charge >= 0.3 is 5.97 Å². The van der Waals surface area contributed by atoms with Crippen LogP contribution in [0.15, 0.2) is 0 Å². The van der Waals surface area contributed by atoms with Crippen molar-refractivity contribution < 1.29 is 24.3 Å². The number of carboxylic acids is 1. The fourth-order valence-electron chi connectivity index (χ4n) is 4.29.